The van der Waals surface area contributed by atoms with Gasteiger partial charge in [0.05, 0.1) is 11.1 Å². The number of hydrogen-bond donors (Lipinski definition) is 2. The maximum atomic E-state index is 13.3. The van der Waals surface area contributed by atoms with Gasteiger partial charge in [0.2, 0.25) is 5.91 Å². The molecule has 2 N–H and O–H groups in total. The van der Waals surface area contributed by atoms with E-state index in [0.717, 1.165) is 6.07 Å². The number of halogens is 2. The van der Waals surface area contributed by atoms with Crippen LogP contribution in [-0.4, -0.2) is 32.3 Å². The number of carbonyl (C=O) groups is 1. The van der Waals surface area contributed by atoms with Gasteiger partial charge in [0.15, 0.2) is 0 Å². The topological polar surface area (TPSA) is 80.0 Å². The van der Waals surface area contributed by atoms with Crippen LogP contribution >= 0.6 is 11.6 Å². The molecule has 0 aliphatic carbocycles. The van der Waals surface area contributed by atoms with Crippen LogP contribution in [0, 0.1) is 5.82 Å². The molecule has 2 aromatic rings. The van der Waals surface area contributed by atoms with Gasteiger partial charge in [0.1, 0.15) is 18.5 Å². The van der Waals surface area contributed by atoms with Crippen LogP contribution in [0.25, 0.3) is 0 Å². The summed E-state index contributed by atoms with van der Waals surface area (Å²) in [6.07, 6.45) is 2.95. The highest BCUT2D eigenvalue weighted by atomic mass is 35.5. The second-order valence-corrected chi connectivity index (χ2v) is 5.16. The highest BCUT2D eigenvalue weighted by molar-refractivity contribution is 6.30. The van der Waals surface area contributed by atoms with Crippen LogP contribution in [0.3, 0.4) is 0 Å². The van der Waals surface area contributed by atoms with Gasteiger partial charge >= 0.3 is 0 Å². The number of aliphatic hydroxyl groups is 1. The molecule has 0 radical (unpaired) electrons. The Morgan fingerprint density at radius 2 is 2.32 bits per heavy atom. The first kappa shape index (κ1) is 16.4. The Morgan fingerprint density at radius 3 is 3.00 bits per heavy atom. The molecular formula is C14H16ClFN4O2. The SMILES string of the molecule is O=C(CCCn1cncn1)NCC(O)c1ccc(Cl)c(F)c1. The van der Waals surface area contributed by atoms with E-state index in [1.807, 2.05) is 0 Å². The van der Waals surface area contributed by atoms with Gasteiger partial charge in [0.25, 0.3) is 0 Å². The zero-order chi connectivity index (χ0) is 15.9. The van der Waals surface area contributed by atoms with Crippen molar-refractivity contribution in [3.05, 3.63) is 47.3 Å². The molecule has 1 atom stereocenters. The fourth-order valence-corrected chi connectivity index (χ4v) is 2.00. The Kier molecular flexibility index (Phi) is 5.85. The van der Waals surface area contributed by atoms with Crippen molar-refractivity contribution in [3.8, 4) is 0 Å². The lowest BCUT2D eigenvalue weighted by Gasteiger charge is -2.12. The third-order valence-corrected chi connectivity index (χ3v) is 3.39. The average Bonchev–Trinajstić information content (AvgIpc) is 3.01. The van der Waals surface area contributed by atoms with Crippen molar-refractivity contribution in [2.75, 3.05) is 6.54 Å². The summed E-state index contributed by atoms with van der Waals surface area (Å²) in [5.74, 6) is -0.786. The fourth-order valence-electron chi connectivity index (χ4n) is 1.89. The molecule has 2 rings (SSSR count). The Hall–Kier alpha value is -1.99. The second kappa shape index (κ2) is 7.86. The number of nitrogens with one attached hydrogen (secondary N) is 1. The van der Waals surface area contributed by atoms with Crippen LogP contribution in [0.5, 0.6) is 0 Å². The van der Waals surface area contributed by atoms with Gasteiger partial charge in [0, 0.05) is 19.5 Å². The molecule has 8 heteroatoms. The summed E-state index contributed by atoms with van der Waals surface area (Å²) in [6.45, 7) is 0.613. The number of aliphatic hydroxyl groups excluding tert-OH is 1. The summed E-state index contributed by atoms with van der Waals surface area (Å²) < 4.78 is 14.9. The van der Waals surface area contributed by atoms with Crippen LogP contribution in [0.2, 0.25) is 5.02 Å². The van der Waals surface area contributed by atoms with E-state index >= 15 is 0 Å². The van der Waals surface area contributed by atoms with Gasteiger partial charge in [-0.2, -0.15) is 5.10 Å². The normalized spacial score (nSPS) is 12.1. The monoisotopic (exact) mass is 326 g/mol. The van der Waals surface area contributed by atoms with Gasteiger partial charge in [-0.25, -0.2) is 9.37 Å². The van der Waals surface area contributed by atoms with Crippen molar-refractivity contribution >= 4 is 17.5 Å². The molecule has 1 heterocycles. The maximum Gasteiger partial charge on any atom is 0.220 e. The number of nitrogens with zero attached hydrogens (tertiary/aromatic N) is 3. The van der Waals surface area contributed by atoms with E-state index in [1.165, 1.54) is 18.5 Å². The third-order valence-electron chi connectivity index (χ3n) is 3.08. The molecule has 6 nitrogen and oxygen atoms in total. The molecule has 0 aliphatic rings. The molecule has 118 valence electrons. The first-order chi connectivity index (χ1) is 10.6. The summed E-state index contributed by atoms with van der Waals surface area (Å²) in [7, 11) is 0. The van der Waals surface area contributed by atoms with Crippen LogP contribution in [-0.2, 0) is 11.3 Å². The van der Waals surface area contributed by atoms with E-state index in [2.05, 4.69) is 15.4 Å². The lowest BCUT2D eigenvalue weighted by atomic mass is 10.1. The highest BCUT2D eigenvalue weighted by Gasteiger charge is 2.11. The number of carbonyl (C=O) groups excluding carboxylic acids is 1. The predicted octanol–water partition coefficient (Wildman–Crippen LogP) is 1.70. The molecule has 1 amide bonds. The van der Waals surface area contributed by atoms with E-state index < -0.39 is 11.9 Å². The molecule has 0 aliphatic heterocycles. The van der Waals surface area contributed by atoms with Crippen molar-refractivity contribution in [1.29, 1.82) is 0 Å². The Morgan fingerprint density at radius 1 is 1.50 bits per heavy atom. The molecule has 22 heavy (non-hydrogen) atoms. The minimum absolute atomic E-state index is 0.00639. The van der Waals surface area contributed by atoms with E-state index in [1.54, 1.807) is 11.0 Å². The van der Waals surface area contributed by atoms with Crippen molar-refractivity contribution < 1.29 is 14.3 Å². The van der Waals surface area contributed by atoms with E-state index in [4.69, 9.17) is 11.6 Å². The molecule has 0 saturated carbocycles. The fraction of sp³-hybridized carbons (Fsp3) is 0.357. The van der Waals surface area contributed by atoms with Crippen LogP contribution < -0.4 is 5.32 Å². The van der Waals surface area contributed by atoms with Gasteiger partial charge in [-0.1, -0.05) is 17.7 Å². The predicted molar refractivity (Wildman–Crippen MR) is 78.6 cm³/mol. The highest BCUT2D eigenvalue weighted by Crippen LogP contribution is 2.19. The summed E-state index contributed by atoms with van der Waals surface area (Å²) in [4.78, 5) is 15.5. The van der Waals surface area contributed by atoms with Crippen molar-refractivity contribution in [2.24, 2.45) is 0 Å². The van der Waals surface area contributed by atoms with Crippen molar-refractivity contribution in [3.63, 3.8) is 0 Å². The second-order valence-electron chi connectivity index (χ2n) is 4.76. The van der Waals surface area contributed by atoms with E-state index in [-0.39, 0.29) is 17.5 Å². The smallest absolute Gasteiger partial charge is 0.220 e. The number of rotatable bonds is 7. The minimum Gasteiger partial charge on any atom is -0.387 e. The molecule has 1 aromatic heterocycles. The summed E-state index contributed by atoms with van der Waals surface area (Å²) >= 11 is 5.57. The standard InChI is InChI=1S/C14H16ClFN4O2/c15-11-4-3-10(6-12(11)16)13(21)7-18-14(22)2-1-5-20-9-17-8-19-20/h3-4,6,8-9,13,21H,1-2,5,7H2,(H,18,22). The number of aromatic nitrogens is 3. The van der Waals surface area contributed by atoms with Gasteiger partial charge in [-0.15, -0.1) is 0 Å². The molecule has 1 unspecified atom stereocenters. The van der Waals surface area contributed by atoms with Crippen molar-refractivity contribution in [2.45, 2.75) is 25.5 Å². The number of amides is 1. The number of aryl methyl sites for hydroxylation is 1. The lowest BCUT2D eigenvalue weighted by molar-refractivity contribution is -0.121. The Labute approximate surface area is 131 Å². The summed E-state index contributed by atoms with van der Waals surface area (Å²) in [5, 5.41) is 16.4. The first-order valence-corrected chi connectivity index (χ1v) is 7.16. The first-order valence-electron chi connectivity index (χ1n) is 6.78. The molecule has 0 saturated heterocycles. The quantitative estimate of drug-likeness (QED) is 0.811. The van der Waals surface area contributed by atoms with Crippen LogP contribution in [0.15, 0.2) is 30.9 Å². The third kappa shape index (κ3) is 4.78. The number of benzene rings is 1. The van der Waals surface area contributed by atoms with Crippen LogP contribution in [0.1, 0.15) is 24.5 Å². The van der Waals surface area contributed by atoms with Gasteiger partial charge in [-0.3, -0.25) is 9.48 Å². The maximum absolute atomic E-state index is 13.3. The molecule has 0 fully saturated rings. The van der Waals surface area contributed by atoms with E-state index in [9.17, 15) is 14.3 Å². The summed E-state index contributed by atoms with van der Waals surface area (Å²) in [5.41, 5.74) is 0.366. The largest absolute Gasteiger partial charge is 0.387 e. The van der Waals surface area contributed by atoms with Gasteiger partial charge in [-0.05, 0) is 24.1 Å². The van der Waals surface area contributed by atoms with E-state index in [0.29, 0.717) is 24.9 Å². The van der Waals surface area contributed by atoms with Gasteiger partial charge < -0.3 is 10.4 Å². The Balaban J connectivity index is 1.72. The lowest BCUT2D eigenvalue weighted by Crippen LogP contribution is -2.28. The molecule has 0 spiro atoms. The minimum atomic E-state index is -0.981. The average molecular weight is 327 g/mol. The summed E-state index contributed by atoms with van der Waals surface area (Å²) in [6, 6.07) is 4.05. The zero-order valence-electron chi connectivity index (χ0n) is 11.7. The van der Waals surface area contributed by atoms with Crippen LogP contribution in [0.4, 0.5) is 4.39 Å². The molecule has 0 bridgehead atoms. The van der Waals surface area contributed by atoms with Crippen molar-refractivity contribution in [1.82, 2.24) is 20.1 Å². The zero-order valence-corrected chi connectivity index (χ0v) is 12.5. The number of hydrogen-bond acceptors (Lipinski definition) is 4. The Bertz CT molecular complexity index is 621. The molecular weight excluding hydrogens is 311 g/mol. The molecule has 1 aromatic carbocycles.